The molecule has 1 aliphatic heterocycles. The minimum absolute atomic E-state index is 0.00218. The molecule has 170 valence electrons. The number of carbonyl (C=O) groups is 3. The second kappa shape index (κ2) is 9.16. The molecule has 3 rings (SSSR count). The fourth-order valence-electron chi connectivity index (χ4n) is 3.14. The summed E-state index contributed by atoms with van der Waals surface area (Å²) < 4.78 is 46.1. The van der Waals surface area contributed by atoms with E-state index in [4.69, 9.17) is 4.74 Å². The van der Waals surface area contributed by atoms with Crippen molar-refractivity contribution in [3.05, 3.63) is 48.5 Å². The van der Waals surface area contributed by atoms with Crippen LogP contribution >= 0.6 is 0 Å². The van der Waals surface area contributed by atoms with Gasteiger partial charge in [0.1, 0.15) is 11.5 Å². The first-order chi connectivity index (χ1) is 15.0. The molecule has 1 aliphatic rings. The molecule has 2 aromatic carbocycles. The van der Waals surface area contributed by atoms with E-state index in [-0.39, 0.29) is 24.7 Å². The van der Waals surface area contributed by atoms with Gasteiger partial charge in [-0.2, -0.15) is 0 Å². The molecule has 0 fully saturated rings. The summed E-state index contributed by atoms with van der Waals surface area (Å²) >= 11 is 0. The molecule has 0 aromatic heterocycles. The van der Waals surface area contributed by atoms with Crippen LogP contribution in [-0.4, -0.2) is 55.2 Å². The number of nitrogens with zero attached hydrogens (tertiary/aromatic N) is 2. The standard InChI is InChI=1S/C21H20F3N3O5/c1-13(28)27-11-18(31-17-6-4-3-5-16(17)27)20(30)26(2)12-19(29)25-14-7-9-15(10-8-14)32-21(22,23)24/h3-10,18H,11-12H2,1-2H3,(H,25,29)/t18-/m0/s1. The number of hydrogen-bond donors (Lipinski definition) is 1. The second-order valence-electron chi connectivity index (χ2n) is 7.02. The highest BCUT2D eigenvalue weighted by Gasteiger charge is 2.34. The van der Waals surface area contributed by atoms with E-state index in [2.05, 4.69) is 10.1 Å². The molecule has 0 aliphatic carbocycles. The topological polar surface area (TPSA) is 88.2 Å². The summed E-state index contributed by atoms with van der Waals surface area (Å²) in [4.78, 5) is 39.6. The monoisotopic (exact) mass is 451 g/mol. The van der Waals surface area contributed by atoms with Crippen LogP contribution in [0, 0.1) is 0 Å². The molecule has 8 nitrogen and oxygen atoms in total. The van der Waals surface area contributed by atoms with Crippen LogP contribution in [0.1, 0.15) is 6.92 Å². The quantitative estimate of drug-likeness (QED) is 0.756. The molecule has 0 saturated carbocycles. The Hall–Kier alpha value is -3.76. The zero-order chi connectivity index (χ0) is 23.5. The van der Waals surface area contributed by atoms with Crippen LogP contribution in [-0.2, 0) is 14.4 Å². The number of rotatable bonds is 5. The summed E-state index contributed by atoms with van der Waals surface area (Å²) in [7, 11) is 1.41. The minimum Gasteiger partial charge on any atom is -0.476 e. The van der Waals surface area contributed by atoms with Crippen LogP contribution in [0.3, 0.4) is 0 Å². The fourth-order valence-corrected chi connectivity index (χ4v) is 3.14. The third-order valence-electron chi connectivity index (χ3n) is 4.56. The first-order valence-corrected chi connectivity index (χ1v) is 9.48. The van der Waals surface area contributed by atoms with Crippen molar-refractivity contribution in [1.82, 2.24) is 4.90 Å². The van der Waals surface area contributed by atoms with Crippen molar-refractivity contribution < 1.29 is 37.0 Å². The van der Waals surface area contributed by atoms with Gasteiger partial charge in [-0.1, -0.05) is 12.1 Å². The maximum atomic E-state index is 12.8. The van der Waals surface area contributed by atoms with E-state index in [0.29, 0.717) is 11.4 Å². The Kier molecular flexibility index (Phi) is 6.56. The molecule has 32 heavy (non-hydrogen) atoms. The fraction of sp³-hybridized carbons (Fsp3) is 0.286. The number of alkyl halides is 3. The van der Waals surface area contributed by atoms with Gasteiger partial charge in [0, 0.05) is 19.7 Å². The highest BCUT2D eigenvalue weighted by molar-refractivity contribution is 5.97. The van der Waals surface area contributed by atoms with Crippen LogP contribution < -0.4 is 19.7 Å². The second-order valence-corrected chi connectivity index (χ2v) is 7.02. The Bertz CT molecular complexity index is 1010. The van der Waals surface area contributed by atoms with Gasteiger partial charge in [-0.25, -0.2) is 0 Å². The van der Waals surface area contributed by atoms with E-state index >= 15 is 0 Å². The molecule has 11 heteroatoms. The minimum atomic E-state index is -4.81. The lowest BCUT2D eigenvalue weighted by atomic mass is 10.1. The summed E-state index contributed by atoms with van der Waals surface area (Å²) in [6, 6.07) is 11.4. The highest BCUT2D eigenvalue weighted by atomic mass is 19.4. The lowest BCUT2D eigenvalue weighted by molar-refractivity contribution is -0.274. The number of para-hydroxylation sites is 2. The average molecular weight is 451 g/mol. The van der Waals surface area contributed by atoms with Crippen molar-refractivity contribution in [3.63, 3.8) is 0 Å². The number of benzene rings is 2. The molecule has 0 spiro atoms. The van der Waals surface area contributed by atoms with Gasteiger partial charge < -0.3 is 24.6 Å². The van der Waals surface area contributed by atoms with Gasteiger partial charge in [0.05, 0.1) is 18.8 Å². The van der Waals surface area contributed by atoms with Crippen LogP contribution in [0.4, 0.5) is 24.5 Å². The number of hydrogen-bond acceptors (Lipinski definition) is 5. The Morgan fingerprint density at radius 1 is 1.16 bits per heavy atom. The zero-order valence-electron chi connectivity index (χ0n) is 17.2. The van der Waals surface area contributed by atoms with E-state index in [1.165, 1.54) is 31.0 Å². The highest BCUT2D eigenvalue weighted by Crippen LogP contribution is 2.33. The van der Waals surface area contributed by atoms with Gasteiger partial charge in [0.25, 0.3) is 5.91 Å². The summed E-state index contributed by atoms with van der Waals surface area (Å²) in [6.45, 7) is 1.05. The van der Waals surface area contributed by atoms with Crippen LogP contribution in [0.5, 0.6) is 11.5 Å². The van der Waals surface area contributed by atoms with Crippen molar-refractivity contribution in [2.45, 2.75) is 19.4 Å². The van der Waals surface area contributed by atoms with Crippen molar-refractivity contribution >= 4 is 29.1 Å². The van der Waals surface area contributed by atoms with Crippen molar-refractivity contribution in [2.75, 3.05) is 30.4 Å². The largest absolute Gasteiger partial charge is 0.573 e. The number of ether oxygens (including phenoxy) is 2. The number of amides is 3. The predicted octanol–water partition coefficient (Wildman–Crippen LogP) is 2.80. The van der Waals surface area contributed by atoms with E-state index in [1.54, 1.807) is 24.3 Å². The lowest BCUT2D eigenvalue weighted by Crippen LogP contribution is -2.51. The molecule has 2 aromatic rings. The summed E-state index contributed by atoms with van der Waals surface area (Å²) in [6.07, 6.45) is -5.81. The van der Waals surface area contributed by atoms with Gasteiger partial charge in [-0.05, 0) is 36.4 Å². The molecule has 0 saturated heterocycles. The number of halogens is 3. The van der Waals surface area contributed by atoms with Crippen molar-refractivity contribution in [3.8, 4) is 11.5 Å². The number of fused-ring (bicyclic) bond motifs is 1. The first-order valence-electron chi connectivity index (χ1n) is 9.48. The molecule has 0 bridgehead atoms. The Morgan fingerprint density at radius 2 is 1.81 bits per heavy atom. The van der Waals surface area contributed by atoms with Gasteiger partial charge >= 0.3 is 6.36 Å². The molecular formula is C21H20F3N3O5. The maximum Gasteiger partial charge on any atom is 0.573 e. The number of carbonyl (C=O) groups excluding carboxylic acids is 3. The smallest absolute Gasteiger partial charge is 0.476 e. The van der Waals surface area contributed by atoms with Gasteiger partial charge in [0.15, 0.2) is 6.10 Å². The van der Waals surface area contributed by atoms with E-state index < -0.39 is 30.0 Å². The zero-order valence-corrected chi connectivity index (χ0v) is 17.2. The van der Waals surface area contributed by atoms with Gasteiger partial charge in [-0.3, -0.25) is 14.4 Å². The molecule has 1 N–H and O–H groups in total. The number of nitrogens with one attached hydrogen (secondary N) is 1. The Morgan fingerprint density at radius 3 is 2.44 bits per heavy atom. The maximum absolute atomic E-state index is 12.8. The summed E-state index contributed by atoms with van der Waals surface area (Å²) in [5.41, 5.74) is 0.790. The van der Waals surface area contributed by atoms with Crippen LogP contribution in [0.2, 0.25) is 0 Å². The molecule has 1 atom stereocenters. The molecular weight excluding hydrogens is 431 g/mol. The normalized spacial score (nSPS) is 15.3. The SMILES string of the molecule is CC(=O)N1C[C@@H](C(=O)N(C)CC(=O)Nc2ccc(OC(F)(F)F)cc2)Oc2ccccc21. The molecule has 3 amide bonds. The number of likely N-dealkylation sites (N-methyl/N-ethyl adjacent to an activating group) is 1. The van der Waals surface area contributed by atoms with E-state index in [1.807, 2.05) is 0 Å². The van der Waals surface area contributed by atoms with Crippen molar-refractivity contribution in [2.24, 2.45) is 0 Å². The van der Waals surface area contributed by atoms with Gasteiger partial charge in [0.2, 0.25) is 11.8 Å². The van der Waals surface area contributed by atoms with Crippen LogP contribution in [0.25, 0.3) is 0 Å². The Labute approximate surface area is 181 Å². The summed E-state index contributed by atoms with van der Waals surface area (Å²) in [5, 5.41) is 2.49. The van der Waals surface area contributed by atoms with Crippen LogP contribution in [0.15, 0.2) is 48.5 Å². The molecule has 0 unspecified atom stereocenters. The Balaban J connectivity index is 1.59. The third kappa shape index (κ3) is 5.68. The van der Waals surface area contributed by atoms with Gasteiger partial charge in [-0.15, -0.1) is 13.2 Å². The third-order valence-corrected chi connectivity index (χ3v) is 4.56. The molecule has 1 heterocycles. The molecule has 0 radical (unpaired) electrons. The average Bonchev–Trinajstić information content (AvgIpc) is 2.72. The lowest BCUT2D eigenvalue weighted by Gasteiger charge is -2.35. The van der Waals surface area contributed by atoms with Crippen molar-refractivity contribution in [1.29, 1.82) is 0 Å². The van der Waals surface area contributed by atoms with E-state index in [0.717, 1.165) is 17.0 Å². The first kappa shape index (κ1) is 22.9. The van der Waals surface area contributed by atoms with E-state index in [9.17, 15) is 27.6 Å². The number of anilines is 2. The summed E-state index contributed by atoms with van der Waals surface area (Å²) in [5.74, 6) is -1.37. The predicted molar refractivity (Wildman–Crippen MR) is 108 cm³/mol.